The Bertz CT molecular complexity index is 987. The number of hydrogen-bond donors (Lipinski definition) is 2. The highest BCUT2D eigenvalue weighted by molar-refractivity contribution is 6.32. The maximum atomic E-state index is 11.2. The van der Waals surface area contributed by atoms with Crippen molar-refractivity contribution in [3.05, 3.63) is 58.0 Å². The molecule has 0 fully saturated rings. The van der Waals surface area contributed by atoms with Gasteiger partial charge in [-0.2, -0.15) is 0 Å². The van der Waals surface area contributed by atoms with Gasteiger partial charge in [-0.1, -0.05) is 38.4 Å². The third-order valence-corrected chi connectivity index (χ3v) is 4.61. The van der Waals surface area contributed by atoms with Crippen LogP contribution in [0.25, 0.3) is 10.9 Å². The normalized spacial score (nSPS) is 11.7. The molecule has 26 heavy (non-hydrogen) atoms. The minimum Gasteiger partial charge on any atom is -0.495 e. The summed E-state index contributed by atoms with van der Waals surface area (Å²) in [7, 11) is 1.59. The van der Waals surface area contributed by atoms with Crippen LogP contribution >= 0.6 is 11.6 Å². The van der Waals surface area contributed by atoms with Crippen molar-refractivity contribution in [2.75, 3.05) is 7.11 Å². The van der Waals surface area contributed by atoms with Crippen molar-refractivity contribution < 1.29 is 14.6 Å². The van der Waals surface area contributed by atoms with Gasteiger partial charge in [0.2, 0.25) is 0 Å². The minimum absolute atomic E-state index is 0.0411. The van der Waals surface area contributed by atoms with Crippen molar-refractivity contribution in [3.63, 3.8) is 0 Å². The Morgan fingerprint density at radius 2 is 2.04 bits per heavy atom. The van der Waals surface area contributed by atoms with Gasteiger partial charge in [-0.15, -0.1) is 0 Å². The first kappa shape index (κ1) is 18.3. The molecule has 0 radical (unpaired) electrons. The maximum absolute atomic E-state index is 11.2. The van der Waals surface area contributed by atoms with Gasteiger partial charge >= 0.3 is 5.97 Å². The van der Waals surface area contributed by atoms with E-state index in [-0.39, 0.29) is 11.1 Å². The first-order chi connectivity index (χ1) is 12.2. The second-order valence-corrected chi connectivity index (χ2v) is 7.66. The molecule has 0 unspecified atom stereocenters. The molecular formula is C20H21ClN2O3. The standard InChI is InChI=1S/C20H21ClN2O3/c1-20(2,3)18-13(8-11-6-5-7-15(22-11)19(24)25)12-9-14(21)17(26-4)10-16(12)23-18/h5-7,9-10,23H,8H2,1-4H3,(H,24,25). The first-order valence-electron chi connectivity index (χ1n) is 8.28. The fraction of sp³-hybridized carbons (Fsp3) is 0.300. The van der Waals surface area contributed by atoms with E-state index in [1.54, 1.807) is 13.2 Å². The lowest BCUT2D eigenvalue weighted by molar-refractivity contribution is 0.0690. The van der Waals surface area contributed by atoms with Gasteiger partial charge in [0.1, 0.15) is 11.4 Å². The molecule has 2 aromatic heterocycles. The summed E-state index contributed by atoms with van der Waals surface area (Å²) in [5, 5.41) is 10.7. The zero-order chi connectivity index (χ0) is 19.1. The van der Waals surface area contributed by atoms with Crippen LogP contribution in [0.1, 0.15) is 48.2 Å². The van der Waals surface area contributed by atoms with E-state index in [0.717, 1.165) is 22.2 Å². The predicted molar refractivity (Wildman–Crippen MR) is 103 cm³/mol. The zero-order valence-electron chi connectivity index (χ0n) is 15.2. The number of carboxylic acids is 1. The number of aromatic carboxylic acids is 1. The lowest BCUT2D eigenvalue weighted by Gasteiger charge is -2.19. The second-order valence-electron chi connectivity index (χ2n) is 7.26. The molecule has 0 saturated carbocycles. The van der Waals surface area contributed by atoms with E-state index in [9.17, 15) is 9.90 Å². The highest BCUT2D eigenvalue weighted by Gasteiger charge is 2.24. The number of methoxy groups -OCH3 is 1. The van der Waals surface area contributed by atoms with Crippen molar-refractivity contribution >= 4 is 28.5 Å². The van der Waals surface area contributed by atoms with Crippen LogP contribution in [0.4, 0.5) is 0 Å². The number of H-pyrrole nitrogens is 1. The largest absolute Gasteiger partial charge is 0.495 e. The average molecular weight is 373 g/mol. The van der Waals surface area contributed by atoms with Crippen LogP contribution in [-0.4, -0.2) is 28.2 Å². The van der Waals surface area contributed by atoms with E-state index in [0.29, 0.717) is 22.9 Å². The first-order valence-corrected chi connectivity index (χ1v) is 8.66. The number of benzene rings is 1. The van der Waals surface area contributed by atoms with Gasteiger partial charge in [0.05, 0.1) is 12.1 Å². The molecule has 0 aliphatic carbocycles. The summed E-state index contributed by atoms with van der Waals surface area (Å²) in [5.74, 6) is -0.423. The van der Waals surface area contributed by atoms with Crippen molar-refractivity contribution in [1.29, 1.82) is 0 Å². The molecule has 0 aliphatic rings. The second kappa shape index (κ2) is 6.65. The number of aromatic nitrogens is 2. The van der Waals surface area contributed by atoms with Crippen molar-refractivity contribution in [2.45, 2.75) is 32.6 Å². The van der Waals surface area contributed by atoms with Gasteiger partial charge in [-0.05, 0) is 23.8 Å². The quantitative estimate of drug-likeness (QED) is 0.689. The molecule has 0 saturated heterocycles. The number of nitrogens with zero attached hydrogens (tertiary/aromatic N) is 1. The average Bonchev–Trinajstić information content (AvgIpc) is 2.92. The van der Waals surface area contributed by atoms with Crippen LogP contribution < -0.4 is 4.74 Å². The molecule has 6 heteroatoms. The van der Waals surface area contributed by atoms with Crippen LogP contribution in [0.15, 0.2) is 30.3 Å². The number of pyridine rings is 1. The van der Waals surface area contributed by atoms with E-state index < -0.39 is 5.97 Å². The summed E-state index contributed by atoms with van der Waals surface area (Å²) in [6.45, 7) is 6.38. The molecule has 0 spiro atoms. The topological polar surface area (TPSA) is 75.2 Å². The van der Waals surface area contributed by atoms with E-state index in [4.69, 9.17) is 16.3 Å². The number of carboxylic acid groups (broad SMARTS) is 1. The highest BCUT2D eigenvalue weighted by atomic mass is 35.5. The van der Waals surface area contributed by atoms with Gasteiger partial charge in [-0.25, -0.2) is 9.78 Å². The number of rotatable bonds is 4. The molecular weight excluding hydrogens is 352 g/mol. The maximum Gasteiger partial charge on any atom is 0.354 e. The van der Waals surface area contributed by atoms with Crippen LogP contribution in [0.3, 0.4) is 0 Å². The van der Waals surface area contributed by atoms with Gasteiger partial charge in [0.25, 0.3) is 0 Å². The zero-order valence-corrected chi connectivity index (χ0v) is 15.9. The third-order valence-electron chi connectivity index (χ3n) is 4.31. The molecule has 136 valence electrons. The number of carbonyl (C=O) groups is 1. The molecule has 3 rings (SSSR count). The van der Waals surface area contributed by atoms with Crippen LogP contribution in [0.2, 0.25) is 5.02 Å². The molecule has 0 bridgehead atoms. The Labute approximate surface area is 157 Å². The minimum atomic E-state index is -1.03. The summed E-state index contributed by atoms with van der Waals surface area (Å²) >= 11 is 6.34. The van der Waals surface area contributed by atoms with Crippen LogP contribution in [0.5, 0.6) is 5.75 Å². The molecule has 2 heterocycles. The Hall–Kier alpha value is -2.53. The molecule has 1 aromatic carbocycles. The van der Waals surface area contributed by atoms with E-state index >= 15 is 0 Å². The summed E-state index contributed by atoms with van der Waals surface area (Å²) in [6.07, 6.45) is 0.510. The van der Waals surface area contributed by atoms with Gasteiger partial charge in [-0.3, -0.25) is 0 Å². The number of ether oxygens (including phenoxy) is 1. The molecule has 3 aromatic rings. The van der Waals surface area contributed by atoms with E-state index in [1.165, 1.54) is 6.07 Å². The van der Waals surface area contributed by atoms with E-state index in [1.807, 2.05) is 18.2 Å². The monoisotopic (exact) mass is 372 g/mol. The fourth-order valence-electron chi connectivity index (χ4n) is 3.11. The number of aromatic amines is 1. The Morgan fingerprint density at radius 3 is 2.65 bits per heavy atom. The van der Waals surface area contributed by atoms with Gasteiger partial charge in [0, 0.05) is 40.2 Å². The fourth-order valence-corrected chi connectivity index (χ4v) is 3.35. The number of nitrogens with one attached hydrogen (secondary N) is 1. The van der Waals surface area contributed by atoms with Crippen molar-refractivity contribution in [2.24, 2.45) is 0 Å². The van der Waals surface area contributed by atoms with Crippen LogP contribution in [0, 0.1) is 0 Å². The van der Waals surface area contributed by atoms with Gasteiger partial charge < -0.3 is 14.8 Å². The molecule has 0 aliphatic heterocycles. The van der Waals surface area contributed by atoms with Crippen LogP contribution in [-0.2, 0) is 11.8 Å². The Kier molecular flexibility index (Phi) is 4.67. The molecule has 0 atom stereocenters. The molecule has 2 N–H and O–H groups in total. The smallest absolute Gasteiger partial charge is 0.354 e. The number of hydrogen-bond acceptors (Lipinski definition) is 3. The third kappa shape index (κ3) is 3.40. The molecule has 0 amide bonds. The summed E-state index contributed by atoms with van der Waals surface area (Å²) in [6, 6.07) is 8.82. The van der Waals surface area contributed by atoms with Crippen molar-refractivity contribution in [3.8, 4) is 5.75 Å². The van der Waals surface area contributed by atoms with Gasteiger partial charge in [0.15, 0.2) is 0 Å². The molecule has 5 nitrogen and oxygen atoms in total. The Balaban J connectivity index is 2.18. The number of halogens is 1. The Morgan fingerprint density at radius 1 is 1.31 bits per heavy atom. The number of fused-ring (bicyclic) bond motifs is 1. The SMILES string of the molecule is COc1cc2[nH]c(C(C)(C)C)c(Cc3cccc(C(=O)O)n3)c2cc1Cl. The summed E-state index contributed by atoms with van der Waals surface area (Å²) in [4.78, 5) is 19.0. The predicted octanol–water partition coefficient (Wildman–Crippen LogP) is 4.81. The van der Waals surface area contributed by atoms with E-state index in [2.05, 4.69) is 30.7 Å². The lowest BCUT2D eigenvalue weighted by Crippen LogP contribution is -2.14. The van der Waals surface area contributed by atoms with Crippen molar-refractivity contribution in [1.82, 2.24) is 9.97 Å². The highest BCUT2D eigenvalue weighted by Crippen LogP contribution is 2.37. The lowest BCUT2D eigenvalue weighted by atomic mass is 9.87. The summed E-state index contributed by atoms with van der Waals surface area (Å²) in [5.41, 5.74) is 3.67. The summed E-state index contributed by atoms with van der Waals surface area (Å²) < 4.78 is 5.32.